The molecule has 0 bridgehead atoms. The molecular weight excluding hydrogens is 668 g/mol. The molecule has 0 N–H and O–H groups in total. The molecule has 1 fully saturated rings. The Bertz CT molecular complexity index is 1620. The van der Waals surface area contributed by atoms with Gasteiger partial charge in [0.2, 0.25) is 5.91 Å². The molecule has 2 aromatic heterocycles. The predicted octanol–water partition coefficient (Wildman–Crippen LogP) is 7.51. The maximum Gasteiger partial charge on any atom is 0.241 e. The molecule has 46 heavy (non-hydrogen) atoms. The van der Waals surface area contributed by atoms with Crippen molar-refractivity contribution >= 4 is 39.1 Å². The monoisotopic (exact) mass is 709 g/mol. The van der Waals surface area contributed by atoms with Crippen LogP contribution in [-0.2, 0) is 24.2 Å². The third-order valence-electron chi connectivity index (χ3n) is 8.60. The summed E-state index contributed by atoms with van der Waals surface area (Å²) >= 11 is 10.4. The van der Waals surface area contributed by atoms with E-state index in [0.717, 1.165) is 64.4 Å². The Morgan fingerprint density at radius 3 is 2.61 bits per heavy atom. The number of rotatable bonds is 15. The molecule has 2 aromatic carbocycles. The van der Waals surface area contributed by atoms with Gasteiger partial charge in [-0.3, -0.25) is 9.69 Å². The first kappa shape index (κ1) is 34.1. The summed E-state index contributed by atoms with van der Waals surface area (Å²) in [6.45, 7) is 6.05. The number of ether oxygens (including phenoxy) is 3. The van der Waals surface area contributed by atoms with Crippen LogP contribution in [0.3, 0.4) is 0 Å². The summed E-state index contributed by atoms with van der Waals surface area (Å²) in [5, 5.41) is 5.02. The third kappa shape index (κ3) is 8.75. The smallest absolute Gasteiger partial charge is 0.241 e. The normalized spacial score (nSPS) is 14.3. The Morgan fingerprint density at radius 2 is 1.83 bits per heavy atom. The van der Waals surface area contributed by atoms with E-state index in [2.05, 4.69) is 43.5 Å². The molecule has 0 saturated carbocycles. The van der Waals surface area contributed by atoms with E-state index in [9.17, 15) is 4.79 Å². The summed E-state index contributed by atoms with van der Waals surface area (Å²) in [4.78, 5) is 20.2. The number of amides is 1. The molecule has 1 amide bonds. The van der Waals surface area contributed by atoms with Crippen molar-refractivity contribution in [2.75, 3.05) is 40.5 Å². The zero-order valence-corrected chi connectivity index (χ0v) is 29.3. The van der Waals surface area contributed by atoms with Gasteiger partial charge >= 0.3 is 0 Å². The number of likely N-dealkylation sites (tertiary alicyclic amines) is 1. The highest BCUT2D eigenvalue weighted by molar-refractivity contribution is 9.10. The van der Waals surface area contributed by atoms with Crippen LogP contribution in [0.15, 0.2) is 59.2 Å². The van der Waals surface area contributed by atoms with Crippen LogP contribution < -0.4 is 19.5 Å². The average Bonchev–Trinajstić information content (AvgIpc) is 3.42. The zero-order valence-electron chi connectivity index (χ0n) is 26.9. The molecule has 245 valence electrons. The van der Waals surface area contributed by atoms with Gasteiger partial charge in [0.15, 0.2) is 11.5 Å². The van der Waals surface area contributed by atoms with Crippen molar-refractivity contribution in [3.8, 4) is 17.2 Å². The summed E-state index contributed by atoms with van der Waals surface area (Å²) in [6, 6.07) is 15.8. The molecule has 0 spiro atoms. The topological polar surface area (TPSA) is 79.4 Å². The van der Waals surface area contributed by atoms with Gasteiger partial charge in [-0.15, -0.1) is 0 Å². The van der Waals surface area contributed by atoms with Crippen LogP contribution in [0, 0.1) is 5.92 Å². The molecule has 10 heteroatoms. The number of halogens is 2. The van der Waals surface area contributed by atoms with Crippen molar-refractivity contribution in [2.45, 2.75) is 58.4 Å². The van der Waals surface area contributed by atoms with E-state index in [1.807, 2.05) is 48.7 Å². The van der Waals surface area contributed by atoms with Gasteiger partial charge in [-0.1, -0.05) is 53.0 Å². The molecule has 4 aromatic rings. The number of carbonyl (C=O) groups is 1. The average molecular weight is 711 g/mol. The first-order valence-corrected chi connectivity index (χ1v) is 17.2. The number of pyridine rings is 1. The van der Waals surface area contributed by atoms with Gasteiger partial charge in [0, 0.05) is 35.6 Å². The van der Waals surface area contributed by atoms with Crippen molar-refractivity contribution in [2.24, 2.45) is 5.92 Å². The Kier molecular flexibility index (Phi) is 12.2. The van der Waals surface area contributed by atoms with Crippen molar-refractivity contribution < 1.29 is 19.0 Å². The summed E-state index contributed by atoms with van der Waals surface area (Å²) in [6.07, 6.45) is 8.17. The maximum atomic E-state index is 13.0. The molecule has 1 aliphatic rings. The fourth-order valence-electron chi connectivity index (χ4n) is 6.06. The minimum atomic E-state index is -0.127. The first-order valence-electron chi connectivity index (χ1n) is 16.0. The van der Waals surface area contributed by atoms with E-state index < -0.39 is 0 Å². The predicted molar refractivity (Wildman–Crippen MR) is 185 cm³/mol. The third-order valence-corrected chi connectivity index (χ3v) is 9.51. The summed E-state index contributed by atoms with van der Waals surface area (Å²) in [5.41, 5.74) is 4.61. The Hall–Kier alpha value is -3.27. The number of nitrogens with zero attached hydrogens (tertiary/aromatic N) is 4. The second-order valence-corrected chi connectivity index (χ2v) is 13.2. The standard InChI is InChI=1S/C36H43BrClN4O4/c1-25(21-26-11-13-32(45-3)36(35(26)38)46-20-19-41-16-6-4-7-17-41)10-15-34(43)39-24-29-30(42-18-8-5-9-33(42)40-29)23-27-22-28(37)12-14-31(27)44-2/h5,8-9,11-14,18,22,25H,4,6-7,10,15-17,19-21,23-24H2,1-3H3. The minimum Gasteiger partial charge on any atom is -0.496 e. The largest absolute Gasteiger partial charge is 0.496 e. The number of carbonyl (C=O) groups excluding carboxylic acids is 1. The molecule has 3 heterocycles. The van der Waals surface area contributed by atoms with Crippen molar-refractivity contribution in [1.29, 1.82) is 0 Å². The molecule has 0 aliphatic carbocycles. The highest BCUT2D eigenvalue weighted by atomic mass is 79.9. The lowest BCUT2D eigenvalue weighted by Crippen LogP contribution is -2.33. The summed E-state index contributed by atoms with van der Waals surface area (Å²) in [7, 11) is 3.30. The number of benzene rings is 2. The van der Waals surface area contributed by atoms with E-state index in [0.29, 0.717) is 42.4 Å². The number of aromatic nitrogens is 2. The molecule has 1 saturated heterocycles. The number of fused-ring (bicyclic) bond motifs is 1. The summed E-state index contributed by atoms with van der Waals surface area (Å²) in [5.74, 6) is 2.13. The van der Waals surface area contributed by atoms with Gasteiger partial charge < -0.3 is 18.6 Å². The van der Waals surface area contributed by atoms with Crippen LogP contribution in [0.25, 0.3) is 5.65 Å². The van der Waals surface area contributed by atoms with E-state index >= 15 is 0 Å². The number of methoxy groups -OCH3 is 2. The van der Waals surface area contributed by atoms with E-state index in [-0.39, 0.29) is 18.4 Å². The minimum absolute atomic E-state index is 0.127. The molecule has 1 aliphatic heterocycles. The second kappa shape index (κ2) is 16.5. The van der Waals surface area contributed by atoms with Gasteiger partial charge in [0.05, 0.1) is 37.2 Å². The number of piperidine rings is 1. The lowest BCUT2D eigenvalue weighted by atomic mass is 9.96. The van der Waals surface area contributed by atoms with E-state index in [1.165, 1.54) is 19.3 Å². The summed E-state index contributed by atoms with van der Waals surface area (Å²) < 4.78 is 20.4. The Morgan fingerprint density at radius 1 is 1.04 bits per heavy atom. The van der Waals surface area contributed by atoms with E-state index in [4.69, 9.17) is 30.8 Å². The van der Waals surface area contributed by atoms with Crippen LogP contribution in [-0.4, -0.2) is 60.7 Å². The van der Waals surface area contributed by atoms with Gasteiger partial charge in [0.1, 0.15) is 18.0 Å². The fourth-order valence-corrected chi connectivity index (χ4v) is 6.75. The van der Waals surface area contributed by atoms with Gasteiger partial charge in [0.25, 0.3) is 0 Å². The number of imidazole rings is 1. The molecule has 1 atom stereocenters. The van der Waals surface area contributed by atoms with Crippen molar-refractivity contribution in [1.82, 2.24) is 19.6 Å². The van der Waals surface area contributed by atoms with E-state index in [1.54, 1.807) is 14.2 Å². The zero-order chi connectivity index (χ0) is 32.5. The molecule has 8 nitrogen and oxygen atoms in total. The first-order chi connectivity index (χ1) is 22.4. The lowest BCUT2D eigenvalue weighted by molar-refractivity contribution is -0.121. The Labute approximate surface area is 285 Å². The van der Waals surface area contributed by atoms with Crippen LogP contribution >= 0.6 is 27.5 Å². The fraction of sp³-hybridized carbons (Fsp3) is 0.444. The lowest BCUT2D eigenvalue weighted by Gasteiger charge is -2.26. The highest BCUT2D eigenvalue weighted by Crippen LogP contribution is 2.39. The van der Waals surface area contributed by atoms with Gasteiger partial charge in [-0.2, -0.15) is 0 Å². The number of hydrogen-bond donors (Lipinski definition) is 0. The van der Waals surface area contributed by atoms with Crippen LogP contribution in [0.5, 0.6) is 17.2 Å². The molecule has 1 radical (unpaired) electrons. The number of hydrogen-bond acceptors (Lipinski definition) is 6. The highest BCUT2D eigenvalue weighted by Gasteiger charge is 2.20. The molecule has 5 rings (SSSR count). The second-order valence-electron chi connectivity index (χ2n) is 11.9. The maximum absolute atomic E-state index is 13.0. The SMILES string of the molecule is COc1ccc(Br)cc1Cc1c(C[N]C(=O)CCC(C)Cc2ccc(OC)c(OCCN3CCCCC3)c2Cl)nc2ccccn12. The Balaban J connectivity index is 1.17. The molecule has 1 unspecified atom stereocenters. The van der Waals surface area contributed by atoms with Crippen LogP contribution in [0.1, 0.15) is 61.5 Å². The quantitative estimate of drug-likeness (QED) is 0.127. The van der Waals surface area contributed by atoms with Crippen molar-refractivity contribution in [3.63, 3.8) is 0 Å². The van der Waals surface area contributed by atoms with Gasteiger partial charge in [-0.05, 0) is 86.7 Å². The van der Waals surface area contributed by atoms with Crippen LogP contribution in [0.4, 0.5) is 0 Å². The van der Waals surface area contributed by atoms with Gasteiger partial charge in [-0.25, -0.2) is 10.3 Å². The van der Waals surface area contributed by atoms with Crippen molar-refractivity contribution in [3.05, 3.63) is 86.7 Å². The molecular formula is C36H43BrClN4O4. The van der Waals surface area contributed by atoms with Crippen LogP contribution in [0.2, 0.25) is 5.02 Å².